The highest BCUT2D eigenvalue weighted by Gasteiger charge is 2.30. The molecule has 0 aliphatic heterocycles. The van der Waals surface area contributed by atoms with Gasteiger partial charge in [-0.3, -0.25) is 37.3 Å². The van der Waals surface area contributed by atoms with Crippen LogP contribution >= 0.6 is 15.6 Å². The molecule has 0 rings (SSSR count). The second-order valence-corrected chi connectivity index (χ2v) is 35.0. The molecule has 0 aromatic heterocycles. The number of esters is 4. The summed E-state index contributed by atoms with van der Waals surface area (Å²) < 4.78 is 68.6. The predicted molar refractivity (Wildman–Crippen MR) is 432 cm³/mol. The highest BCUT2D eigenvalue weighted by atomic mass is 31.2. The molecule has 0 heterocycles. The van der Waals surface area contributed by atoms with Crippen LogP contribution in [0, 0.1) is 17.8 Å². The molecule has 0 aromatic rings. The summed E-state index contributed by atoms with van der Waals surface area (Å²) in [4.78, 5) is 72.9. The van der Waals surface area contributed by atoms with Crippen LogP contribution in [0.25, 0.3) is 0 Å². The smallest absolute Gasteiger partial charge is 0.462 e. The van der Waals surface area contributed by atoms with Crippen molar-refractivity contribution in [3.63, 3.8) is 0 Å². The number of unbranched alkanes of at least 4 members (excludes halogenated alkanes) is 51. The van der Waals surface area contributed by atoms with E-state index in [1.807, 2.05) is 0 Å². The highest BCUT2D eigenvalue weighted by molar-refractivity contribution is 7.47. The lowest BCUT2D eigenvalue weighted by molar-refractivity contribution is -0.161. The lowest BCUT2D eigenvalue weighted by Crippen LogP contribution is -2.30. The third kappa shape index (κ3) is 78.5. The van der Waals surface area contributed by atoms with E-state index in [1.165, 1.54) is 257 Å². The van der Waals surface area contributed by atoms with E-state index in [-0.39, 0.29) is 25.7 Å². The predicted octanol–water partition coefficient (Wildman–Crippen LogP) is 26.1. The summed E-state index contributed by atoms with van der Waals surface area (Å²) >= 11 is 0. The average molecular weight is 1540 g/mol. The molecule has 0 saturated carbocycles. The standard InChI is InChI=1S/C86H168O17P2/c1-8-10-11-50-60-67-83(88)96-73-81(102-85(90)69-62-55-49-43-37-31-25-19-17-21-27-33-39-45-52-58-65-78(5)6)75-100-104(92,93)98-71-80(87)72-99-105(94,95)101-76-82(74-97-84(89)68-61-54-47-41-35-29-23-18-16-20-26-32-38-44-51-57-64-77(3)4)103-86(91)70-63-56-48-42-36-30-24-15-13-12-14-22-28-34-40-46-53-59-66-79(7)9-2/h77-82,87H,8-76H2,1-7H3,(H,92,93)(H,94,95)/t79?,80-,81+,82+/m0/s1. The fraction of sp³-hybridized carbons (Fsp3) is 0.953. The van der Waals surface area contributed by atoms with Crippen molar-refractivity contribution in [2.24, 2.45) is 17.8 Å². The zero-order valence-electron chi connectivity index (χ0n) is 69.2. The van der Waals surface area contributed by atoms with Crippen LogP contribution in [0.3, 0.4) is 0 Å². The summed E-state index contributed by atoms with van der Waals surface area (Å²) in [5.41, 5.74) is 0. The second kappa shape index (κ2) is 76.1. The number of ether oxygens (including phenoxy) is 4. The van der Waals surface area contributed by atoms with Crippen molar-refractivity contribution in [3.8, 4) is 0 Å². The lowest BCUT2D eigenvalue weighted by Gasteiger charge is -2.21. The monoisotopic (exact) mass is 1540 g/mol. The fourth-order valence-electron chi connectivity index (χ4n) is 13.3. The van der Waals surface area contributed by atoms with Crippen molar-refractivity contribution < 1.29 is 80.2 Å². The van der Waals surface area contributed by atoms with E-state index in [4.69, 9.17) is 37.0 Å². The van der Waals surface area contributed by atoms with E-state index in [0.717, 1.165) is 114 Å². The quantitative estimate of drug-likeness (QED) is 0.0222. The molecule has 17 nitrogen and oxygen atoms in total. The summed E-state index contributed by atoms with van der Waals surface area (Å²) in [5, 5.41) is 10.6. The van der Waals surface area contributed by atoms with E-state index in [0.29, 0.717) is 25.7 Å². The topological polar surface area (TPSA) is 237 Å². The summed E-state index contributed by atoms with van der Waals surface area (Å²) in [6, 6.07) is 0. The van der Waals surface area contributed by atoms with Crippen molar-refractivity contribution in [2.45, 2.75) is 471 Å². The summed E-state index contributed by atoms with van der Waals surface area (Å²) in [7, 11) is -9.92. The lowest BCUT2D eigenvalue weighted by atomic mass is 9.99. The van der Waals surface area contributed by atoms with E-state index < -0.39 is 97.5 Å². The van der Waals surface area contributed by atoms with Gasteiger partial charge in [-0.15, -0.1) is 0 Å². The van der Waals surface area contributed by atoms with Crippen LogP contribution < -0.4 is 0 Å². The Morgan fingerprint density at radius 2 is 0.486 bits per heavy atom. The van der Waals surface area contributed by atoms with Crippen LogP contribution in [0.2, 0.25) is 0 Å². The first-order valence-corrected chi connectivity index (χ1v) is 47.4. The largest absolute Gasteiger partial charge is 0.472 e. The van der Waals surface area contributed by atoms with Gasteiger partial charge in [-0.1, -0.05) is 402 Å². The van der Waals surface area contributed by atoms with Gasteiger partial charge >= 0.3 is 39.5 Å². The first-order chi connectivity index (χ1) is 50.8. The average Bonchev–Trinajstić information content (AvgIpc) is 0.913. The van der Waals surface area contributed by atoms with Crippen LogP contribution in [0.4, 0.5) is 0 Å². The Morgan fingerprint density at radius 1 is 0.276 bits per heavy atom. The van der Waals surface area contributed by atoms with Crippen LogP contribution in [-0.2, 0) is 65.4 Å². The van der Waals surface area contributed by atoms with Crippen molar-refractivity contribution in [3.05, 3.63) is 0 Å². The fourth-order valence-corrected chi connectivity index (χ4v) is 14.9. The van der Waals surface area contributed by atoms with Crippen LogP contribution in [0.15, 0.2) is 0 Å². The van der Waals surface area contributed by atoms with Crippen molar-refractivity contribution >= 4 is 39.5 Å². The molecule has 0 aliphatic carbocycles. The molecule has 0 fully saturated rings. The second-order valence-electron chi connectivity index (χ2n) is 32.1. The zero-order valence-corrected chi connectivity index (χ0v) is 71.0. The Labute approximate surface area is 645 Å². The molecule has 3 N–H and O–H groups in total. The Hall–Kier alpha value is -1.94. The van der Waals surface area contributed by atoms with Gasteiger partial charge in [0.15, 0.2) is 12.2 Å². The van der Waals surface area contributed by atoms with Gasteiger partial charge in [-0.2, -0.15) is 0 Å². The third-order valence-electron chi connectivity index (χ3n) is 20.5. The van der Waals surface area contributed by atoms with E-state index in [2.05, 4.69) is 48.5 Å². The van der Waals surface area contributed by atoms with Gasteiger partial charge in [0, 0.05) is 25.7 Å². The van der Waals surface area contributed by atoms with Gasteiger partial charge < -0.3 is 33.8 Å². The van der Waals surface area contributed by atoms with Crippen molar-refractivity contribution in [1.82, 2.24) is 0 Å². The van der Waals surface area contributed by atoms with Crippen LogP contribution in [0.5, 0.6) is 0 Å². The maximum atomic E-state index is 13.1. The molecule has 624 valence electrons. The molecular formula is C86H168O17P2. The molecule has 0 bridgehead atoms. The van der Waals surface area contributed by atoms with Crippen LogP contribution in [0.1, 0.15) is 453 Å². The number of aliphatic hydroxyl groups excluding tert-OH is 1. The molecule has 0 amide bonds. The molecule has 0 saturated heterocycles. The van der Waals surface area contributed by atoms with E-state index in [1.54, 1.807) is 0 Å². The number of aliphatic hydroxyl groups is 1. The Balaban J connectivity index is 5.10. The number of rotatable bonds is 84. The molecule has 0 aliphatic rings. The van der Waals surface area contributed by atoms with Gasteiger partial charge in [0.25, 0.3) is 0 Å². The van der Waals surface area contributed by atoms with Crippen molar-refractivity contribution in [2.75, 3.05) is 39.6 Å². The Bertz CT molecular complexity index is 2030. The maximum absolute atomic E-state index is 13.1. The van der Waals surface area contributed by atoms with E-state index in [9.17, 15) is 43.2 Å². The number of hydrogen-bond donors (Lipinski definition) is 3. The molecule has 0 aromatic carbocycles. The van der Waals surface area contributed by atoms with Gasteiger partial charge in [-0.25, -0.2) is 9.13 Å². The summed E-state index contributed by atoms with van der Waals surface area (Å²) in [5.74, 6) is 0.377. The van der Waals surface area contributed by atoms with Crippen LogP contribution in [-0.4, -0.2) is 96.7 Å². The Morgan fingerprint density at radius 3 is 0.724 bits per heavy atom. The number of hydrogen-bond acceptors (Lipinski definition) is 15. The van der Waals surface area contributed by atoms with Gasteiger partial charge in [0.2, 0.25) is 0 Å². The molecule has 105 heavy (non-hydrogen) atoms. The van der Waals surface area contributed by atoms with Gasteiger partial charge in [0.05, 0.1) is 26.4 Å². The first-order valence-electron chi connectivity index (χ1n) is 44.4. The first kappa shape index (κ1) is 103. The summed E-state index contributed by atoms with van der Waals surface area (Å²) in [6.07, 6.45) is 67.1. The highest BCUT2D eigenvalue weighted by Crippen LogP contribution is 2.45. The minimum Gasteiger partial charge on any atom is -0.462 e. The van der Waals surface area contributed by atoms with Gasteiger partial charge in [0.1, 0.15) is 19.3 Å². The number of carbonyl (C=O) groups excluding carboxylic acids is 4. The Kier molecular flexibility index (Phi) is 74.7. The molecule has 0 radical (unpaired) electrons. The number of carbonyl (C=O) groups is 4. The minimum absolute atomic E-state index is 0.107. The molecular weight excluding hydrogens is 1370 g/mol. The molecule has 19 heteroatoms. The van der Waals surface area contributed by atoms with E-state index >= 15 is 0 Å². The van der Waals surface area contributed by atoms with Crippen molar-refractivity contribution in [1.29, 1.82) is 0 Å². The molecule has 3 unspecified atom stereocenters. The number of phosphoric acid groups is 2. The zero-order chi connectivity index (χ0) is 77.2. The normalized spacial score (nSPS) is 14.1. The summed E-state index contributed by atoms with van der Waals surface area (Å²) in [6.45, 7) is 12.0. The minimum atomic E-state index is -4.96. The molecule has 0 spiro atoms. The molecule has 6 atom stereocenters. The maximum Gasteiger partial charge on any atom is 0.472 e. The van der Waals surface area contributed by atoms with Gasteiger partial charge in [-0.05, 0) is 43.4 Å². The SMILES string of the molecule is CCCCCCCC(=O)OC[C@H](COP(=O)(O)OC[C@H](O)COP(=O)(O)OC[C@@H](COC(=O)CCCCCCCCCCCCCCCCCCC(C)C)OC(=O)CCCCCCCCCCCCCCCCCCCCC(C)CC)OC(=O)CCCCCCCCCCCCCCCCCCC(C)C. The number of phosphoric ester groups is 2. The third-order valence-corrected chi connectivity index (χ3v) is 22.4.